The molecule has 0 heterocycles. The van der Waals surface area contributed by atoms with E-state index >= 15 is 0 Å². The lowest BCUT2D eigenvalue weighted by Crippen LogP contribution is -2.01. The molecule has 0 aromatic heterocycles. The normalized spacial score (nSPS) is 9.83. The Bertz CT molecular complexity index is 303. The van der Waals surface area contributed by atoms with Crippen LogP contribution in [0.2, 0.25) is 0 Å². The third-order valence-corrected chi connectivity index (χ3v) is 1.85. The van der Waals surface area contributed by atoms with E-state index in [1.165, 1.54) is 0 Å². The lowest BCUT2D eigenvalue weighted by Gasteiger charge is -2.03. The lowest BCUT2D eigenvalue weighted by molar-refractivity contribution is -0.136. The van der Waals surface area contributed by atoms with Crippen molar-refractivity contribution >= 4 is 5.97 Å². The molecule has 1 rings (SSSR count). The predicted octanol–water partition coefficient (Wildman–Crippen LogP) is 1.93. The number of hydrogen-bond acceptors (Lipinski definition) is 1. The molecule has 1 aromatic carbocycles. The summed E-state index contributed by atoms with van der Waals surface area (Å²) in [6, 6.07) is 5.86. The van der Waals surface area contributed by atoms with Crippen LogP contribution in [0, 0.1) is 13.8 Å². The van der Waals surface area contributed by atoms with E-state index in [-0.39, 0.29) is 6.42 Å². The fourth-order valence-electron chi connectivity index (χ4n) is 1.15. The van der Waals surface area contributed by atoms with E-state index in [4.69, 9.17) is 5.11 Å². The Labute approximate surface area is 71.8 Å². The number of carboxylic acid groups (broad SMARTS) is 1. The number of carboxylic acids is 1. The van der Waals surface area contributed by atoms with E-state index in [9.17, 15) is 4.79 Å². The van der Waals surface area contributed by atoms with Gasteiger partial charge in [0.25, 0.3) is 0 Å². The first kappa shape index (κ1) is 8.78. The Kier molecular flexibility index (Phi) is 2.48. The number of aliphatic carboxylic acids is 1. The zero-order chi connectivity index (χ0) is 9.14. The highest BCUT2D eigenvalue weighted by Crippen LogP contribution is 2.10. The van der Waals surface area contributed by atoms with Crippen LogP contribution < -0.4 is 0 Å². The van der Waals surface area contributed by atoms with Gasteiger partial charge in [-0.15, -0.1) is 0 Å². The van der Waals surface area contributed by atoms with Crippen LogP contribution in [0.5, 0.6) is 0 Å². The predicted molar refractivity (Wildman–Crippen MR) is 47.3 cm³/mol. The highest BCUT2D eigenvalue weighted by atomic mass is 16.5. The molecule has 0 atom stereocenters. The molecule has 0 aliphatic heterocycles. The van der Waals surface area contributed by atoms with Crippen LogP contribution in [-0.4, -0.2) is 11.1 Å². The molecule has 0 aliphatic carbocycles. The summed E-state index contributed by atoms with van der Waals surface area (Å²) < 4.78 is 0. The molecule has 0 radical (unpaired) electrons. The van der Waals surface area contributed by atoms with E-state index in [1.807, 2.05) is 32.0 Å². The van der Waals surface area contributed by atoms with Crippen molar-refractivity contribution in [1.82, 2.24) is 0 Å². The van der Waals surface area contributed by atoms with Gasteiger partial charge in [-0.2, -0.15) is 0 Å². The van der Waals surface area contributed by atoms with Gasteiger partial charge in [0.1, 0.15) is 0 Å². The Morgan fingerprint density at radius 1 is 1.42 bits per heavy atom. The largest absolute Gasteiger partial charge is 0.481 e. The molecule has 12 heavy (non-hydrogen) atoms. The summed E-state index contributed by atoms with van der Waals surface area (Å²) >= 11 is 0. The number of benzene rings is 1. The standard InChI is InChI=1S/C10H12O2/c1-7-3-4-8(2)9(5-7)6-10(11)12/h3-5H,6H2,1-2H3,(H,11,12)/i10+1. The summed E-state index contributed by atoms with van der Waals surface area (Å²) in [5.74, 6) is -0.774. The van der Waals surface area contributed by atoms with Gasteiger partial charge in [0, 0.05) is 0 Å². The summed E-state index contributed by atoms with van der Waals surface area (Å²) in [5, 5.41) is 8.58. The van der Waals surface area contributed by atoms with Crippen molar-refractivity contribution in [2.24, 2.45) is 0 Å². The second-order valence-corrected chi connectivity index (χ2v) is 3.00. The first-order valence-corrected chi connectivity index (χ1v) is 3.87. The maximum Gasteiger partial charge on any atom is 0.307 e. The molecule has 1 aromatic rings. The quantitative estimate of drug-likeness (QED) is 0.680. The fraction of sp³-hybridized carbons (Fsp3) is 0.300. The van der Waals surface area contributed by atoms with E-state index in [1.54, 1.807) is 0 Å². The molecule has 64 valence electrons. The monoisotopic (exact) mass is 165 g/mol. The van der Waals surface area contributed by atoms with E-state index in [0.717, 1.165) is 16.7 Å². The van der Waals surface area contributed by atoms with Crippen LogP contribution in [-0.2, 0) is 11.2 Å². The molecule has 0 bridgehead atoms. The maximum atomic E-state index is 10.4. The summed E-state index contributed by atoms with van der Waals surface area (Å²) in [6.07, 6.45) is 0.119. The molecular weight excluding hydrogens is 153 g/mol. The fourth-order valence-corrected chi connectivity index (χ4v) is 1.15. The number of aryl methyl sites for hydroxylation is 2. The van der Waals surface area contributed by atoms with Crippen LogP contribution in [0.25, 0.3) is 0 Å². The van der Waals surface area contributed by atoms with Gasteiger partial charge in [0.05, 0.1) is 6.42 Å². The van der Waals surface area contributed by atoms with Crippen molar-refractivity contribution in [3.8, 4) is 0 Å². The van der Waals surface area contributed by atoms with Gasteiger partial charge in [-0.05, 0) is 25.0 Å². The average Bonchev–Trinajstić information content (AvgIpc) is 1.96. The van der Waals surface area contributed by atoms with Crippen molar-refractivity contribution in [2.45, 2.75) is 20.3 Å². The second kappa shape index (κ2) is 3.39. The average molecular weight is 165 g/mol. The minimum atomic E-state index is -0.774. The van der Waals surface area contributed by atoms with Crippen molar-refractivity contribution in [1.29, 1.82) is 0 Å². The highest BCUT2D eigenvalue weighted by Gasteiger charge is 2.03. The van der Waals surface area contributed by atoms with Crippen LogP contribution in [0.3, 0.4) is 0 Å². The van der Waals surface area contributed by atoms with Gasteiger partial charge in [-0.3, -0.25) is 4.79 Å². The maximum absolute atomic E-state index is 10.4. The van der Waals surface area contributed by atoms with Crippen molar-refractivity contribution in [3.63, 3.8) is 0 Å². The van der Waals surface area contributed by atoms with Crippen LogP contribution in [0.4, 0.5) is 0 Å². The smallest absolute Gasteiger partial charge is 0.307 e. The molecule has 0 amide bonds. The first-order valence-electron chi connectivity index (χ1n) is 3.87. The van der Waals surface area contributed by atoms with Gasteiger partial charge in [0.2, 0.25) is 0 Å². The van der Waals surface area contributed by atoms with Crippen molar-refractivity contribution in [3.05, 3.63) is 34.9 Å². The molecule has 2 heteroatoms. The third kappa shape index (κ3) is 2.09. The Balaban J connectivity index is 2.97. The van der Waals surface area contributed by atoms with Gasteiger partial charge in [-0.25, -0.2) is 0 Å². The molecule has 0 saturated heterocycles. The Morgan fingerprint density at radius 2 is 2.08 bits per heavy atom. The zero-order valence-corrected chi connectivity index (χ0v) is 7.29. The zero-order valence-electron chi connectivity index (χ0n) is 7.29. The molecule has 1 N–H and O–H groups in total. The molecule has 0 unspecified atom stereocenters. The van der Waals surface area contributed by atoms with Crippen LogP contribution >= 0.6 is 0 Å². The molecule has 0 spiro atoms. The number of carbonyl (C=O) groups is 1. The Morgan fingerprint density at radius 3 is 2.67 bits per heavy atom. The first-order chi connectivity index (χ1) is 5.59. The van der Waals surface area contributed by atoms with E-state index in [2.05, 4.69) is 0 Å². The van der Waals surface area contributed by atoms with Crippen molar-refractivity contribution < 1.29 is 9.90 Å². The number of hydrogen-bond donors (Lipinski definition) is 1. The summed E-state index contributed by atoms with van der Waals surface area (Å²) in [5.41, 5.74) is 3.06. The minimum absolute atomic E-state index is 0.119. The SMILES string of the molecule is Cc1ccc(C)c(C[13C](=O)O)c1. The van der Waals surface area contributed by atoms with Gasteiger partial charge < -0.3 is 5.11 Å². The van der Waals surface area contributed by atoms with Crippen LogP contribution in [0.15, 0.2) is 18.2 Å². The molecule has 2 nitrogen and oxygen atoms in total. The van der Waals surface area contributed by atoms with Crippen LogP contribution in [0.1, 0.15) is 16.7 Å². The van der Waals surface area contributed by atoms with E-state index in [0.29, 0.717) is 0 Å². The molecular formula is C10H12O2. The topological polar surface area (TPSA) is 37.3 Å². The molecule has 0 saturated carbocycles. The van der Waals surface area contributed by atoms with Gasteiger partial charge in [0.15, 0.2) is 0 Å². The highest BCUT2D eigenvalue weighted by molar-refractivity contribution is 5.70. The molecule has 0 aliphatic rings. The second-order valence-electron chi connectivity index (χ2n) is 3.00. The lowest BCUT2D eigenvalue weighted by atomic mass is 10.1. The summed E-state index contributed by atoms with van der Waals surface area (Å²) in [6.45, 7) is 3.89. The minimum Gasteiger partial charge on any atom is -0.481 e. The summed E-state index contributed by atoms with van der Waals surface area (Å²) in [4.78, 5) is 10.4. The molecule has 0 fully saturated rings. The summed E-state index contributed by atoms with van der Waals surface area (Å²) in [7, 11) is 0. The van der Waals surface area contributed by atoms with Crippen molar-refractivity contribution in [2.75, 3.05) is 0 Å². The number of rotatable bonds is 2. The third-order valence-electron chi connectivity index (χ3n) is 1.85. The van der Waals surface area contributed by atoms with Gasteiger partial charge in [-0.1, -0.05) is 23.8 Å². The van der Waals surface area contributed by atoms with E-state index < -0.39 is 5.97 Å². The Hall–Kier alpha value is -1.31. The van der Waals surface area contributed by atoms with Gasteiger partial charge >= 0.3 is 5.97 Å².